The Labute approximate surface area is 244 Å². The van der Waals surface area contributed by atoms with E-state index >= 15 is 4.39 Å². The largest absolute Gasteiger partial charge is 0.429 e. The van der Waals surface area contributed by atoms with Gasteiger partial charge in [-0.3, -0.25) is 0 Å². The number of ether oxygens (including phenoxy) is 3. The van der Waals surface area contributed by atoms with Gasteiger partial charge in [0.15, 0.2) is 17.9 Å². The normalized spacial score (nSPS) is 23.1. The number of rotatable bonds is 10. The number of hydrogen-bond acceptors (Lipinski definition) is 3. The second-order valence-corrected chi connectivity index (χ2v) is 11.5. The SMILES string of the molecule is CCCCCc1ccc(C(F)(F)Oc2ccc(C3COC(C4CCC(c5ccc(F)c(F)c5)CC4)OC3)c(F)c2)cc1. The highest BCUT2D eigenvalue weighted by atomic mass is 19.3. The quantitative estimate of drug-likeness (QED) is 0.174. The van der Waals surface area contributed by atoms with Gasteiger partial charge in [-0.05, 0) is 91.5 Å². The third-order valence-electron chi connectivity index (χ3n) is 8.51. The van der Waals surface area contributed by atoms with Crippen LogP contribution in [-0.4, -0.2) is 19.5 Å². The van der Waals surface area contributed by atoms with E-state index in [0.29, 0.717) is 5.56 Å². The van der Waals surface area contributed by atoms with E-state index in [1.54, 1.807) is 18.2 Å². The number of aryl methyl sites for hydroxylation is 1. The molecule has 1 aliphatic carbocycles. The Kier molecular flexibility index (Phi) is 9.84. The molecular weight excluding hydrogens is 551 g/mol. The average molecular weight is 589 g/mol. The first-order valence-electron chi connectivity index (χ1n) is 14.9. The summed E-state index contributed by atoms with van der Waals surface area (Å²) in [7, 11) is 0. The standard InChI is InChI=1S/C34H37F5O3/c1-2-3-4-5-22-6-13-27(14-7-22)34(38,39)42-28-15-16-29(31(36)19-28)26-20-40-33(41-21-26)24-10-8-23(9-11-24)25-12-17-30(35)32(37)18-25/h6-7,12-19,23-24,26,33H,2-5,8-11,20-21H2,1H3. The Morgan fingerprint density at radius 1 is 0.762 bits per heavy atom. The molecular formula is C34H37F5O3. The van der Waals surface area contributed by atoms with E-state index in [0.717, 1.165) is 68.6 Å². The third-order valence-corrected chi connectivity index (χ3v) is 8.51. The minimum atomic E-state index is -3.61. The van der Waals surface area contributed by atoms with Gasteiger partial charge < -0.3 is 14.2 Å². The van der Waals surface area contributed by atoms with Crippen molar-refractivity contribution in [2.24, 2.45) is 5.92 Å². The van der Waals surface area contributed by atoms with Crippen molar-refractivity contribution < 1.29 is 36.2 Å². The Hall–Kier alpha value is -2.97. The van der Waals surface area contributed by atoms with E-state index < -0.39 is 29.9 Å². The number of alkyl halides is 2. The molecule has 1 saturated heterocycles. The highest BCUT2D eigenvalue weighted by Crippen LogP contribution is 2.40. The lowest BCUT2D eigenvalue weighted by molar-refractivity contribution is -0.217. The fraction of sp³-hybridized carbons (Fsp3) is 0.471. The Morgan fingerprint density at radius 3 is 2.12 bits per heavy atom. The topological polar surface area (TPSA) is 27.7 Å². The minimum absolute atomic E-state index is 0.153. The Bertz CT molecular complexity index is 1310. The van der Waals surface area contributed by atoms with E-state index in [4.69, 9.17) is 14.2 Å². The van der Waals surface area contributed by atoms with Crippen molar-refractivity contribution in [3.8, 4) is 5.75 Å². The summed E-state index contributed by atoms with van der Waals surface area (Å²) in [4.78, 5) is 0. The zero-order valence-corrected chi connectivity index (χ0v) is 23.8. The maximum absolute atomic E-state index is 15.0. The van der Waals surface area contributed by atoms with Crippen LogP contribution < -0.4 is 4.74 Å². The minimum Gasteiger partial charge on any atom is -0.429 e. The first-order chi connectivity index (χ1) is 20.2. The Balaban J connectivity index is 1.12. The number of benzene rings is 3. The molecule has 5 rings (SSSR count). The van der Waals surface area contributed by atoms with Gasteiger partial charge in [0.1, 0.15) is 11.6 Å². The molecule has 0 N–H and O–H groups in total. The predicted octanol–water partition coefficient (Wildman–Crippen LogP) is 9.40. The van der Waals surface area contributed by atoms with Crippen molar-refractivity contribution in [1.82, 2.24) is 0 Å². The van der Waals surface area contributed by atoms with Gasteiger partial charge in [-0.1, -0.05) is 44.0 Å². The molecule has 0 amide bonds. The summed E-state index contributed by atoms with van der Waals surface area (Å²) in [6, 6.07) is 13.9. The summed E-state index contributed by atoms with van der Waals surface area (Å²) in [5.41, 5.74) is 1.83. The lowest BCUT2D eigenvalue weighted by atomic mass is 9.78. The van der Waals surface area contributed by atoms with Crippen LogP contribution in [0.25, 0.3) is 0 Å². The third kappa shape index (κ3) is 7.32. The molecule has 3 aromatic rings. The lowest BCUT2D eigenvalue weighted by Gasteiger charge is -2.38. The van der Waals surface area contributed by atoms with Crippen LogP contribution in [0.4, 0.5) is 22.0 Å². The van der Waals surface area contributed by atoms with Crippen molar-refractivity contribution in [3.05, 3.63) is 100 Å². The molecule has 0 spiro atoms. The maximum Gasteiger partial charge on any atom is 0.426 e. The molecule has 0 radical (unpaired) electrons. The average Bonchev–Trinajstić information content (AvgIpc) is 2.99. The van der Waals surface area contributed by atoms with Crippen LogP contribution in [-0.2, 0) is 22.0 Å². The van der Waals surface area contributed by atoms with Crippen molar-refractivity contribution in [2.75, 3.05) is 13.2 Å². The molecule has 226 valence electrons. The van der Waals surface area contributed by atoms with E-state index in [2.05, 4.69) is 6.92 Å². The monoisotopic (exact) mass is 588 g/mol. The fourth-order valence-electron chi connectivity index (χ4n) is 6.01. The molecule has 1 heterocycles. The zero-order chi connectivity index (χ0) is 29.7. The predicted molar refractivity (Wildman–Crippen MR) is 150 cm³/mol. The van der Waals surface area contributed by atoms with Gasteiger partial charge in [-0.15, -0.1) is 0 Å². The smallest absolute Gasteiger partial charge is 0.426 e. The second-order valence-electron chi connectivity index (χ2n) is 11.5. The highest BCUT2D eigenvalue weighted by Gasteiger charge is 2.36. The highest BCUT2D eigenvalue weighted by molar-refractivity contribution is 5.33. The van der Waals surface area contributed by atoms with Crippen molar-refractivity contribution in [1.29, 1.82) is 0 Å². The first-order valence-corrected chi connectivity index (χ1v) is 14.9. The molecule has 2 fully saturated rings. The lowest BCUT2D eigenvalue weighted by Crippen LogP contribution is -2.37. The van der Waals surface area contributed by atoms with Crippen molar-refractivity contribution in [3.63, 3.8) is 0 Å². The van der Waals surface area contributed by atoms with Gasteiger partial charge in [0.2, 0.25) is 0 Å². The van der Waals surface area contributed by atoms with Crippen LogP contribution in [0.15, 0.2) is 60.7 Å². The molecule has 8 heteroatoms. The maximum atomic E-state index is 15.0. The molecule has 1 aliphatic heterocycles. The van der Waals surface area contributed by atoms with Crippen LogP contribution in [0.1, 0.15) is 86.0 Å². The van der Waals surface area contributed by atoms with E-state index in [1.165, 1.54) is 36.4 Å². The first kappa shape index (κ1) is 30.5. The van der Waals surface area contributed by atoms with Crippen LogP contribution in [0.3, 0.4) is 0 Å². The summed E-state index contributed by atoms with van der Waals surface area (Å²) >= 11 is 0. The number of halogens is 5. The summed E-state index contributed by atoms with van der Waals surface area (Å²) in [5.74, 6) is -2.66. The van der Waals surface area contributed by atoms with Crippen molar-refractivity contribution in [2.45, 2.75) is 82.5 Å². The summed E-state index contributed by atoms with van der Waals surface area (Å²) in [6.07, 6.45) is 3.25. The molecule has 0 aromatic heterocycles. The molecule has 42 heavy (non-hydrogen) atoms. The van der Waals surface area contributed by atoms with Gasteiger partial charge in [-0.2, -0.15) is 8.78 Å². The van der Waals surface area contributed by atoms with Gasteiger partial charge in [0.25, 0.3) is 0 Å². The molecule has 0 atom stereocenters. The molecule has 2 aliphatic rings. The van der Waals surface area contributed by atoms with E-state index in [1.807, 2.05) is 0 Å². The zero-order valence-electron chi connectivity index (χ0n) is 23.8. The number of hydrogen-bond donors (Lipinski definition) is 0. The van der Waals surface area contributed by atoms with Crippen LogP contribution in [0.5, 0.6) is 5.75 Å². The van der Waals surface area contributed by atoms with Gasteiger partial charge >= 0.3 is 6.11 Å². The molecule has 3 aromatic carbocycles. The van der Waals surface area contributed by atoms with E-state index in [-0.39, 0.29) is 42.3 Å². The van der Waals surface area contributed by atoms with Crippen LogP contribution >= 0.6 is 0 Å². The second kappa shape index (κ2) is 13.6. The van der Waals surface area contributed by atoms with Gasteiger partial charge in [0, 0.05) is 17.9 Å². The molecule has 3 nitrogen and oxygen atoms in total. The van der Waals surface area contributed by atoms with Crippen LogP contribution in [0, 0.1) is 23.4 Å². The fourth-order valence-corrected chi connectivity index (χ4v) is 6.01. The summed E-state index contributed by atoms with van der Waals surface area (Å²) < 4.78 is 88.5. The molecule has 1 saturated carbocycles. The van der Waals surface area contributed by atoms with Gasteiger partial charge in [0.05, 0.1) is 18.8 Å². The van der Waals surface area contributed by atoms with Gasteiger partial charge in [-0.25, -0.2) is 13.2 Å². The summed E-state index contributed by atoms with van der Waals surface area (Å²) in [5, 5.41) is 0. The van der Waals surface area contributed by atoms with Crippen molar-refractivity contribution >= 4 is 0 Å². The summed E-state index contributed by atoms with van der Waals surface area (Å²) in [6.45, 7) is 2.59. The number of unbranched alkanes of at least 4 members (excludes halogenated alkanes) is 2. The molecule has 0 bridgehead atoms. The Morgan fingerprint density at radius 2 is 1.48 bits per heavy atom. The van der Waals surface area contributed by atoms with Crippen LogP contribution in [0.2, 0.25) is 0 Å². The van der Waals surface area contributed by atoms with E-state index in [9.17, 15) is 17.6 Å². The molecule has 0 unspecified atom stereocenters.